The Bertz CT molecular complexity index is 617. The molecule has 1 aromatic rings. The lowest BCUT2D eigenvalue weighted by Gasteiger charge is -2.32. The Morgan fingerprint density at radius 2 is 2.08 bits per heavy atom. The van der Waals surface area contributed by atoms with E-state index in [2.05, 4.69) is 5.32 Å². The molecule has 1 saturated heterocycles. The highest BCUT2D eigenvalue weighted by Crippen LogP contribution is 2.30. The van der Waals surface area contributed by atoms with Gasteiger partial charge in [-0.15, -0.1) is 0 Å². The van der Waals surface area contributed by atoms with E-state index < -0.39 is 17.6 Å². The van der Waals surface area contributed by atoms with E-state index in [1.807, 2.05) is 6.92 Å². The molecule has 138 valence electrons. The van der Waals surface area contributed by atoms with E-state index in [1.165, 1.54) is 17.0 Å². The normalized spacial score (nSPS) is 18.1. The van der Waals surface area contributed by atoms with Gasteiger partial charge in [0.15, 0.2) is 0 Å². The number of carbonyl (C=O) groups is 2. The summed E-state index contributed by atoms with van der Waals surface area (Å²) in [5.74, 6) is -0.854. The number of carbonyl (C=O) groups excluding carboxylic acids is 2. The second kappa shape index (κ2) is 8.36. The molecule has 2 rings (SSSR count). The van der Waals surface area contributed by atoms with Crippen molar-refractivity contribution in [2.45, 2.75) is 38.8 Å². The molecule has 0 spiro atoms. The van der Waals surface area contributed by atoms with Crippen molar-refractivity contribution in [2.75, 3.05) is 19.6 Å². The maximum Gasteiger partial charge on any atom is 0.416 e. The molecular formula is C18H23F3N2O2. The number of halogens is 3. The van der Waals surface area contributed by atoms with Gasteiger partial charge in [-0.2, -0.15) is 13.2 Å². The molecular weight excluding hydrogens is 333 g/mol. The van der Waals surface area contributed by atoms with Gasteiger partial charge in [-0.1, -0.05) is 19.4 Å². The molecule has 1 aromatic carbocycles. The van der Waals surface area contributed by atoms with Crippen molar-refractivity contribution in [2.24, 2.45) is 5.92 Å². The highest BCUT2D eigenvalue weighted by molar-refractivity contribution is 5.95. The zero-order valence-electron chi connectivity index (χ0n) is 14.2. The van der Waals surface area contributed by atoms with Crippen LogP contribution < -0.4 is 5.32 Å². The fourth-order valence-corrected chi connectivity index (χ4v) is 2.92. The largest absolute Gasteiger partial charge is 0.416 e. The molecule has 4 nitrogen and oxygen atoms in total. The number of hydrogen-bond donors (Lipinski definition) is 1. The van der Waals surface area contributed by atoms with Crippen LogP contribution in [0.4, 0.5) is 13.2 Å². The van der Waals surface area contributed by atoms with Crippen LogP contribution in [0.2, 0.25) is 0 Å². The Labute approximate surface area is 145 Å². The number of nitrogens with one attached hydrogen (secondary N) is 1. The minimum Gasteiger partial charge on any atom is -0.356 e. The van der Waals surface area contributed by atoms with Crippen LogP contribution in [-0.4, -0.2) is 36.3 Å². The van der Waals surface area contributed by atoms with Crippen molar-refractivity contribution < 1.29 is 22.8 Å². The van der Waals surface area contributed by atoms with Gasteiger partial charge in [-0.25, -0.2) is 0 Å². The summed E-state index contributed by atoms with van der Waals surface area (Å²) in [7, 11) is 0. The number of alkyl halides is 3. The summed E-state index contributed by atoms with van der Waals surface area (Å²) in [6, 6.07) is 4.42. The molecule has 1 unspecified atom stereocenters. The first-order valence-electron chi connectivity index (χ1n) is 8.57. The van der Waals surface area contributed by atoms with Gasteiger partial charge >= 0.3 is 6.18 Å². The van der Waals surface area contributed by atoms with Crippen LogP contribution in [0.3, 0.4) is 0 Å². The highest BCUT2D eigenvalue weighted by Gasteiger charge is 2.32. The average molecular weight is 356 g/mol. The molecule has 1 aliphatic heterocycles. The quantitative estimate of drug-likeness (QED) is 0.822. The molecule has 25 heavy (non-hydrogen) atoms. The van der Waals surface area contributed by atoms with Gasteiger partial charge in [0.05, 0.1) is 11.5 Å². The summed E-state index contributed by atoms with van der Waals surface area (Å²) in [4.78, 5) is 26.2. The highest BCUT2D eigenvalue weighted by atomic mass is 19.4. The maximum absolute atomic E-state index is 12.8. The fourth-order valence-electron chi connectivity index (χ4n) is 2.92. The fraction of sp³-hybridized carbons (Fsp3) is 0.556. The van der Waals surface area contributed by atoms with Gasteiger partial charge in [0, 0.05) is 25.2 Å². The van der Waals surface area contributed by atoms with Gasteiger partial charge < -0.3 is 10.2 Å². The summed E-state index contributed by atoms with van der Waals surface area (Å²) < 4.78 is 38.4. The lowest BCUT2D eigenvalue weighted by Crippen LogP contribution is -2.45. The lowest BCUT2D eigenvalue weighted by molar-refractivity contribution is -0.137. The average Bonchev–Trinajstić information content (AvgIpc) is 2.60. The molecule has 0 bridgehead atoms. The van der Waals surface area contributed by atoms with E-state index in [-0.39, 0.29) is 23.9 Å². The van der Waals surface area contributed by atoms with Crippen molar-refractivity contribution >= 4 is 11.8 Å². The maximum atomic E-state index is 12.8. The molecule has 0 aromatic heterocycles. The van der Waals surface area contributed by atoms with Crippen LogP contribution in [0.1, 0.15) is 48.5 Å². The van der Waals surface area contributed by atoms with E-state index in [4.69, 9.17) is 0 Å². The summed E-state index contributed by atoms with van der Waals surface area (Å²) in [5, 5.41) is 2.86. The first-order chi connectivity index (χ1) is 11.8. The zero-order valence-corrected chi connectivity index (χ0v) is 14.2. The van der Waals surface area contributed by atoms with E-state index in [0.717, 1.165) is 25.0 Å². The smallest absolute Gasteiger partial charge is 0.356 e. The van der Waals surface area contributed by atoms with Gasteiger partial charge in [0.2, 0.25) is 5.91 Å². The number of rotatable bonds is 5. The summed E-state index contributed by atoms with van der Waals surface area (Å²) in [6.07, 6.45) is -1.27. The number of likely N-dealkylation sites (tertiary alicyclic amines) is 1. The summed E-state index contributed by atoms with van der Waals surface area (Å²) in [5.41, 5.74) is -0.842. The minimum atomic E-state index is -4.49. The van der Waals surface area contributed by atoms with Crippen molar-refractivity contribution in [3.05, 3.63) is 35.4 Å². The molecule has 1 heterocycles. The molecule has 0 radical (unpaired) electrons. The number of hydrogen-bond acceptors (Lipinski definition) is 2. The third-order valence-corrected chi connectivity index (χ3v) is 4.35. The van der Waals surface area contributed by atoms with Gasteiger partial charge in [0.25, 0.3) is 5.91 Å². The van der Waals surface area contributed by atoms with E-state index in [1.54, 1.807) is 0 Å². The van der Waals surface area contributed by atoms with Crippen LogP contribution in [0.25, 0.3) is 0 Å². The van der Waals surface area contributed by atoms with Gasteiger partial charge in [0.1, 0.15) is 0 Å². The second-order valence-electron chi connectivity index (χ2n) is 6.31. The number of benzene rings is 1. The SMILES string of the molecule is CCCCNC(=O)C1CCCN(C(=O)c2cccc(C(F)(F)F)c2)C1. The number of piperidine rings is 1. The van der Waals surface area contributed by atoms with E-state index in [9.17, 15) is 22.8 Å². The zero-order chi connectivity index (χ0) is 18.4. The van der Waals surface area contributed by atoms with Gasteiger partial charge in [-0.05, 0) is 37.5 Å². The number of unbranched alkanes of at least 4 members (excludes halogenated alkanes) is 1. The summed E-state index contributed by atoms with van der Waals surface area (Å²) >= 11 is 0. The van der Waals surface area contributed by atoms with Crippen molar-refractivity contribution in [1.82, 2.24) is 10.2 Å². The second-order valence-corrected chi connectivity index (χ2v) is 6.31. The van der Waals surface area contributed by atoms with Crippen molar-refractivity contribution in [3.63, 3.8) is 0 Å². The molecule has 2 amide bonds. The Balaban J connectivity index is 2.03. The Kier molecular flexibility index (Phi) is 6.45. The van der Waals surface area contributed by atoms with Crippen molar-refractivity contribution in [3.8, 4) is 0 Å². The molecule has 0 saturated carbocycles. The third-order valence-electron chi connectivity index (χ3n) is 4.35. The molecule has 1 N–H and O–H groups in total. The minimum absolute atomic E-state index is 0.00173. The Morgan fingerprint density at radius 3 is 2.76 bits per heavy atom. The Morgan fingerprint density at radius 1 is 1.32 bits per heavy atom. The molecule has 1 atom stereocenters. The lowest BCUT2D eigenvalue weighted by atomic mass is 9.96. The predicted molar refractivity (Wildman–Crippen MR) is 88.0 cm³/mol. The van der Waals surface area contributed by atoms with Crippen LogP contribution in [0, 0.1) is 5.92 Å². The van der Waals surface area contributed by atoms with Crippen LogP contribution in [0.5, 0.6) is 0 Å². The molecule has 1 aliphatic rings. The monoisotopic (exact) mass is 356 g/mol. The molecule has 7 heteroatoms. The molecule has 1 fully saturated rings. The topological polar surface area (TPSA) is 49.4 Å². The van der Waals surface area contributed by atoms with Crippen LogP contribution >= 0.6 is 0 Å². The van der Waals surface area contributed by atoms with Crippen molar-refractivity contribution in [1.29, 1.82) is 0 Å². The molecule has 0 aliphatic carbocycles. The van der Waals surface area contributed by atoms with E-state index in [0.29, 0.717) is 25.9 Å². The number of nitrogens with zero attached hydrogens (tertiary/aromatic N) is 1. The first kappa shape index (κ1) is 19.3. The standard InChI is InChI=1S/C18H23F3N2O2/c1-2-3-9-22-16(24)14-7-5-10-23(12-14)17(25)13-6-4-8-15(11-13)18(19,20)21/h4,6,8,11,14H,2-3,5,7,9-10,12H2,1H3,(H,22,24). The predicted octanol–water partition coefficient (Wildman–Crippen LogP) is 3.47. The summed E-state index contributed by atoms with van der Waals surface area (Å²) in [6.45, 7) is 3.33. The first-order valence-corrected chi connectivity index (χ1v) is 8.57. The van der Waals surface area contributed by atoms with Crippen LogP contribution in [0.15, 0.2) is 24.3 Å². The number of amides is 2. The van der Waals surface area contributed by atoms with Crippen LogP contribution in [-0.2, 0) is 11.0 Å². The van der Waals surface area contributed by atoms with E-state index >= 15 is 0 Å². The third kappa shape index (κ3) is 5.21. The van der Waals surface area contributed by atoms with Gasteiger partial charge in [-0.3, -0.25) is 9.59 Å². The Hall–Kier alpha value is -2.05.